The molecule has 0 radical (unpaired) electrons. The minimum atomic E-state index is -3.56. The third-order valence-corrected chi connectivity index (χ3v) is 7.36. The molecule has 2 fully saturated rings. The summed E-state index contributed by atoms with van der Waals surface area (Å²) in [7, 11) is -3.56. The number of benzene rings is 1. The summed E-state index contributed by atoms with van der Waals surface area (Å²) in [5.74, 6) is 0.809. The number of sulfonamides is 1. The molecule has 4 rings (SSSR count). The summed E-state index contributed by atoms with van der Waals surface area (Å²) in [5, 5.41) is 8.31. The van der Waals surface area contributed by atoms with Crippen LogP contribution < -0.4 is 0 Å². The van der Waals surface area contributed by atoms with Crippen LogP contribution in [0.2, 0.25) is 0 Å². The van der Waals surface area contributed by atoms with E-state index in [1.54, 1.807) is 13.3 Å². The molecule has 0 bridgehead atoms. The number of aryl methyl sites for hydroxylation is 1. The van der Waals surface area contributed by atoms with Gasteiger partial charge in [-0.2, -0.15) is 4.31 Å². The Morgan fingerprint density at radius 3 is 2.65 bits per heavy atom. The standard InChI is InChI=1S/C18H23FN4O2S/c1-13-8-16(6-7-17(13)19)26(24,25)22-10-14(11-22)9-18-21-20-12-23(18)15-4-2-3-5-15/h6-8,12,14-15H,2-5,9-11H2,1H3. The monoisotopic (exact) mass is 378 g/mol. The third-order valence-electron chi connectivity index (χ3n) is 5.53. The highest BCUT2D eigenvalue weighted by molar-refractivity contribution is 7.89. The van der Waals surface area contributed by atoms with Crippen molar-refractivity contribution in [2.45, 2.75) is 50.0 Å². The summed E-state index contributed by atoms with van der Waals surface area (Å²) in [5.41, 5.74) is 0.341. The van der Waals surface area contributed by atoms with Gasteiger partial charge in [0.25, 0.3) is 0 Å². The first-order chi connectivity index (χ1) is 12.4. The molecule has 140 valence electrons. The van der Waals surface area contributed by atoms with Crippen molar-refractivity contribution in [2.75, 3.05) is 13.1 Å². The van der Waals surface area contributed by atoms with Gasteiger partial charge in [-0.15, -0.1) is 10.2 Å². The van der Waals surface area contributed by atoms with Crippen LogP contribution in [0.5, 0.6) is 0 Å². The first-order valence-electron chi connectivity index (χ1n) is 9.10. The van der Waals surface area contributed by atoms with E-state index in [4.69, 9.17) is 0 Å². The lowest BCUT2D eigenvalue weighted by Gasteiger charge is -2.38. The van der Waals surface area contributed by atoms with Crippen LogP contribution in [0.25, 0.3) is 0 Å². The minimum absolute atomic E-state index is 0.156. The van der Waals surface area contributed by atoms with Crippen molar-refractivity contribution in [1.82, 2.24) is 19.1 Å². The van der Waals surface area contributed by atoms with Crippen LogP contribution in [0.1, 0.15) is 43.1 Å². The second kappa shape index (κ2) is 6.74. The highest BCUT2D eigenvalue weighted by atomic mass is 32.2. The van der Waals surface area contributed by atoms with Gasteiger partial charge in [-0.1, -0.05) is 12.8 Å². The maximum atomic E-state index is 13.4. The molecule has 1 aliphatic carbocycles. The predicted molar refractivity (Wildman–Crippen MR) is 94.6 cm³/mol. The van der Waals surface area contributed by atoms with Crippen molar-refractivity contribution in [3.8, 4) is 0 Å². The number of aromatic nitrogens is 3. The fourth-order valence-electron chi connectivity index (χ4n) is 3.93. The highest BCUT2D eigenvalue weighted by Gasteiger charge is 2.37. The molecule has 1 aromatic carbocycles. The topological polar surface area (TPSA) is 68.1 Å². The van der Waals surface area contributed by atoms with Gasteiger partial charge < -0.3 is 4.57 Å². The largest absolute Gasteiger partial charge is 0.314 e. The van der Waals surface area contributed by atoms with E-state index in [-0.39, 0.29) is 10.8 Å². The molecule has 0 spiro atoms. The van der Waals surface area contributed by atoms with Gasteiger partial charge >= 0.3 is 0 Å². The van der Waals surface area contributed by atoms with Gasteiger partial charge in [0.15, 0.2) is 0 Å². The molecule has 8 heteroatoms. The molecule has 2 aromatic rings. The number of hydrogen-bond donors (Lipinski definition) is 0. The van der Waals surface area contributed by atoms with Crippen molar-refractivity contribution < 1.29 is 12.8 Å². The number of rotatable bonds is 5. The van der Waals surface area contributed by atoms with Crippen LogP contribution in [0.3, 0.4) is 0 Å². The van der Waals surface area contributed by atoms with E-state index >= 15 is 0 Å². The average molecular weight is 378 g/mol. The van der Waals surface area contributed by atoms with E-state index in [9.17, 15) is 12.8 Å². The van der Waals surface area contributed by atoms with Crippen LogP contribution >= 0.6 is 0 Å². The number of nitrogens with zero attached hydrogens (tertiary/aromatic N) is 4. The fraction of sp³-hybridized carbons (Fsp3) is 0.556. The van der Waals surface area contributed by atoms with Gasteiger partial charge in [0.1, 0.15) is 18.0 Å². The molecule has 0 unspecified atom stereocenters. The fourth-order valence-corrected chi connectivity index (χ4v) is 5.61. The van der Waals surface area contributed by atoms with Crippen LogP contribution in [0.15, 0.2) is 29.4 Å². The number of halogens is 1. The lowest BCUT2D eigenvalue weighted by Crippen LogP contribution is -2.50. The van der Waals surface area contributed by atoms with Gasteiger partial charge in [-0.05, 0) is 49.4 Å². The van der Waals surface area contributed by atoms with Crippen molar-refractivity contribution in [2.24, 2.45) is 5.92 Å². The predicted octanol–water partition coefficient (Wildman–Crippen LogP) is 2.70. The van der Waals surface area contributed by atoms with E-state index < -0.39 is 15.8 Å². The molecule has 2 aliphatic rings. The molecule has 0 N–H and O–H groups in total. The van der Waals surface area contributed by atoms with Crippen LogP contribution in [0.4, 0.5) is 4.39 Å². The smallest absolute Gasteiger partial charge is 0.243 e. The van der Waals surface area contributed by atoms with Gasteiger partial charge in [0.05, 0.1) is 4.90 Å². The highest BCUT2D eigenvalue weighted by Crippen LogP contribution is 2.32. The normalized spacial score (nSPS) is 19.8. The SMILES string of the molecule is Cc1cc(S(=O)(=O)N2CC(Cc3nncn3C3CCCC3)C2)ccc1F. The van der Waals surface area contributed by atoms with Crippen molar-refractivity contribution in [3.63, 3.8) is 0 Å². The van der Waals surface area contributed by atoms with Gasteiger partial charge in [-0.3, -0.25) is 0 Å². The Morgan fingerprint density at radius 2 is 1.96 bits per heavy atom. The van der Waals surface area contributed by atoms with Crippen molar-refractivity contribution >= 4 is 10.0 Å². The van der Waals surface area contributed by atoms with Crippen LogP contribution in [0, 0.1) is 18.7 Å². The van der Waals surface area contributed by atoms with Gasteiger partial charge in [0, 0.05) is 25.6 Å². The zero-order chi connectivity index (χ0) is 18.3. The molecule has 2 heterocycles. The molecule has 0 atom stereocenters. The second-order valence-electron chi connectivity index (χ2n) is 7.40. The summed E-state index contributed by atoms with van der Waals surface area (Å²) in [6, 6.07) is 4.43. The van der Waals surface area contributed by atoms with E-state index in [0.29, 0.717) is 24.7 Å². The Kier molecular flexibility index (Phi) is 4.56. The summed E-state index contributed by atoms with van der Waals surface area (Å²) in [6.07, 6.45) is 7.37. The minimum Gasteiger partial charge on any atom is -0.314 e. The molecule has 0 amide bonds. The Morgan fingerprint density at radius 1 is 1.23 bits per heavy atom. The first-order valence-corrected chi connectivity index (χ1v) is 10.5. The van der Waals surface area contributed by atoms with Crippen molar-refractivity contribution in [3.05, 3.63) is 41.7 Å². The summed E-state index contributed by atoms with van der Waals surface area (Å²) in [4.78, 5) is 0.156. The zero-order valence-corrected chi connectivity index (χ0v) is 15.6. The van der Waals surface area contributed by atoms with E-state index in [1.165, 1.54) is 48.2 Å². The molecular formula is C18H23FN4O2S. The molecule has 1 saturated carbocycles. The lowest BCUT2D eigenvalue weighted by molar-refractivity contribution is 0.195. The molecule has 1 aromatic heterocycles. The van der Waals surface area contributed by atoms with Gasteiger partial charge in [-0.25, -0.2) is 12.8 Å². The maximum absolute atomic E-state index is 13.4. The van der Waals surface area contributed by atoms with E-state index in [1.807, 2.05) is 0 Å². The molecule has 26 heavy (non-hydrogen) atoms. The van der Waals surface area contributed by atoms with Gasteiger partial charge in [0.2, 0.25) is 10.0 Å². The first kappa shape index (κ1) is 17.6. The maximum Gasteiger partial charge on any atom is 0.243 e. The molecular weight excluding hydrogens is 355 g/mol. The van der Waals surface area contributed by atoms with E-state index in [0.717, 1.165) is 12.2 Å². The number of hydrogen-bond acceptors (Lipinski definition) is 4. The summed E-state index contributed by atoms with van der Waals surface area (Å²) < 4.78 is 42.4. The van der Waals surface area contributed by atoms with Crippen LogP contribution in [-0.2, 0) is 16.4 Å². The molecule has 6 nitrogen and oxygen atoms in total. The molecule has 1 saturated heterocycles. The quantitative estimate of drug-likeness (QED) is 0.802. The zero-order valence-electron chi connectivity index (χ0n) is 14.8. The Labute approximate surface area is 153 Å². The lowest BCUT2D eigenvalue weighted by atomic mass is 9.99. The van der Waals surface area contributed by atoms with Crippen molar-refractivity contribution in [1.29, 1.82) is 0 Å². The summed E-state index contributed by atoms with van der Waals surface area (Å²) >= 11 is 0. The Balaban J connectivity index is 1.41. The second-order valence-corrected chi connectivity index (χ2v) is 9.33. The summed E-state index contributed by atoms with van der Waals surface area (Å²) in [6.45, 7) is 2.51. The van der Waals surface area contributed by atoms with Crippen LogP contribution in [-0.4, -0.2) is 40.6 Å². The average Bonchev–Trinajstić information content (AvgIpc) is 3.23. The Bertz CT molecular complexity index is 900. The van der Waals surface area contributed by atoms with E-state index in [2.05, 4.69) is 14.8 Å². The molecule has 1 aliphatic heterocycles. The Hall–Kier alpha value is -1.80. The third kappa shape index (κ3) is 3.16.